The van der Waals surface area contributed by atoms with E-state index in [0.29, 0.717) is 12.2 Å². The van der Waals surface area contributed by atoms with E-state index in [2.05, 4.69) is 33.2 Å². The molecule has 0 aliphatic carbocycles. The maximum atomic E-state index is 12.6. The number of carboxylic acid groups (broad SMARTS) is 1. The van der Waals surface area contributed by atoms with E-state index in [0.717, 1.165) is 41.4 Å². The Balaban J connectivity index is 1.44. The summed E-state index contributed by atoms with van der Waals surface area (Å²) in [6.45, 7) is 7.38. The van der Waals surface area contributed by atoms with Crippen molar-refractivity contribution in [3.8, 4) is 11.1 Å². The summed E-state index contributed by atoms with van der Waals surface area (Å²) in [5.74, 6) is -1.07. The van der Waals surface area contributed by atoms with Crippen LogP contribution in [-0.2, 0) is 12.1 Å². The number of aromatic nitrogens is 3. The number of hydrogen-bond acceptors (Lipinski definition) is 3. The molecular weight excluding hydrogens is 428 g/mol. The minimum absolute atomic E-state index is 0.128. The van der Waals surface area contributed by atoms with Crippen molar-refractivity contribution in [2.24, 2.45) is 0 Å². The summed E-state index contributed by atoms with van der Waals surface area (Å²) in [6, 6.07) is 15.4. The number of amides is 1. The second-order valence-electron chi connectivity index (χ2n) is 9.42. The zero-order chi connectivity index (χ0) is 24.3. The largest absolute Gasteiger partial charge is 0.478 e. The van der Waals surface area contributed by atoms with Crippen LogP contribution in [0.4, 0.5) is 0 Å². The van der Waals surface area contributed by atoms with Crippen LogP contribution in [0.2, 0.25) is 0 Å². The van der Waals surface area contributed by atoms with E-state index in [1.54, 1.807) is 24.7 Å². The first kappa shape index (κ1) is 23.3. The number of rotatable bonds is 8. The maximum absolute atomic E-state index is 12.6. The van der Waals surface area contributed by atoms with Crippen LogP contribution in [0.15, 0.2) is 67.3 Å². The number of benzene rings is 2. The van der Waals surface area contributed by atoms with Crippen LogP contribution in [0.3, 0.4) is 0 Å². The fourth-order valence-electron chi connectivity index (χ4n) is 4.15. The van der Waals surface area contributed by atoms with Crippen LogP contribution in [-0.4, -0.2) is 37.6 Å². The molecule has 0 saturated carbocycles. The van der Waals surface area contributed by atoms with E-state index in [1.807, 2.05) is 49.6 Å². The van der Waals surface area contributed by atoms with Crippen LogP contribution in [0, 0.1) is 0 Å². The lowest BCUT2D eigenvalue weighted by molar-refractivity contribution is 0.0696. The smallest absolute Gasteiger partial charge is 0.335 e. The second kappa shape index (κ2) is 9.55. The Hall–Kier alpha value is -3.87. The Morgan fingerprint density at radius 3 is 2.53 bits per heavy atom. The number of nitrogens with zero attached hydrogens (tertiary/aromatic N) is 3. The molecule has 4 aromatic rings. The van der Waals surface area contributed by atoms with Gasteiger partial charge in [0.1, 0.15) is 5.69 Å². The van der Waals surface area contributed by atoms with E-state index in [1.165, 1.54) is 0 Å². The summed E-state index contributed by atoms with van der Waals surface area (Å²) in [5, 5.41) is 13.5. The van der Waals surface area contributed by atoms with E-state index < -0.39 is 5.97 Å². The zero-order valence-corrected chi connectivity index (χ0v) is 19.8. The van der Waals surface area contributed by atoms with Crippen LogP contribution in [0.1, 0.15) is 54.5 Å². The van der Waals surface area contributed by atoms with Gasteiger partial charge in [0.05, 0.1) is 18.1 Å². The van der Waals surface area contributed by atoms with Gasteiger partial charge in [0.2, 0.25) is 0 Å². The predicted molar refractivity (Wildman–Crippen MR) is 133 cm³/mol. The molecule has 34 heavy (non-hydrogen) atoms. The zero-order valence-electron chi connectivity index (χ0n) is 19.8. The third kappa shape index (κ3) is 4.88. The Morgan fingerprint density at radius 2 is 1.82 bits per heavy atom. The summed E-state index contributed by atoms with van der Waals surface area (Å²) in [5.41, 5.74) is 3.68. The molecule has 0 radical (unpaired) electrons. The molecule has 2 heterocycles. The molecule has 0 fully saturated rings. The molecule has 0 aliphatic heterocycles. The lowest BCUT2D eigenvalue weighted by Gasteiger charge is -2.23. The topological polar surface area (TPSA) is 89.2 Å². The summed E-state index contributed by atoms with van der Waals surface area (Å²) >= 11 is 0. The molecule has 4 rings (SSSR count). The summed E-state index contributed by atoms with van der Waals surface area (Å²) in [4.78, 5) is 28.3. The third-order valence-corrected chi connectivity index (χ3v) is 5.92. The normalized spacial score (nSPS) is 11.6. The molecule has 7 nitrogen and oxygen atoms in total. The van der Waals surface area contributed by atoms with Crippen LogP contribution < -0.4 is 5.32 Å². The number of carbonyl (C=O) groups is 2. The molecule has 7 heteroatoms. The van der Waals surface area contributed by atoms with E-state index in [4.69, 9.17) is 0 Å². The fraction of sp³-hybridized carbons (Fsp3) is 0.296. The van der Waals surface area contributed by atoms with Crippen molar-refractivity contribution in [2.45, 2.75) is 45.7 Å². The molecule has 2 aromatic heterocycles. The molecule has 0 bridgehead atoms. The second-order valence-corrected chi connectivity index (χ2v) is 9.42. The average Bonchev–Trinajstić information content (AvgIpc) is 3.44. The van der Waals surface area contributed by atoms with Gasteiger partial charge in [0.25, 0.3) is 5.91 Å². The number of carbonyl (C=O) groups excluding carboxylic acids is 1. The highest BCUT2D eigenvalue weighted by Gasteiger charge is 2.20. The van der Waals surface area contributed by atoms with E-state index in [9.17, 15) is 14.7 Å². The van der Waals surface area contributed by atoms with Gasteiger partial charge in [-0.3, -0.25) is 4.79 Å². The molecule has 0 atom stereocenters. The molecule has 0 saturated heterocycles. The first-order valence-corrected chi connectivity index (χ1v) is 11.5. The van der Waals surface area contributed by atoms with Gasteiger partial charge < -0.3 is 19.6 Å². The Labute approximate surface area is 199 Å². The fourth-order valence-corrected chi connectivity index (χ4v) is 4.15. The first-order chi connectivity index (χ1) is 16.3. The number of imidazole rings is 1. The summed E-state index contributed by atoms with van der Waals surface area (Å²) in [7, 11) is 0. The van der Waals surface area contributed by atoms with Crippen LogP contribution >= 0.6 is 0 Å². The van der Waals surface area contributed by atoms with Gasteiger partial charge in [-0.2, -0.15) is 0 Å². The molecule has 0 spiro atoms. The predicted octanol–water partition coefficient (Wildman–Crippen LogP) is 5.17. The highest BCUT2D eigenvalue weighted by Crippen LogP contribution is 2.31. The number of aromatic carboxylic acids is 1. The summed E-state index contributed by atoms with van der Waals surface area (Å²) < 4.78 is 3.99. The first-order valence-electron chi connectivity index (χ1n) is 11.5. The van der Waals surface area contributed by atoms with Crippen molar-refractivity contribution >= 4 is 22.8 Å². The number of carboxylic acids is 1. The van der Waals surface area contributed by atoms with Crippen molar-refractivity contribution < 1.29 is 14.7 Å². The Morgan fingerprint density at radius 1 is 1.06 bits per heavy atom. The Kier molecular flexibility index (Phi) is 6.54. The Bertz CT molecular complexity index is 1310. The molecule has 0 aliphatic rings. The molecule has 0 unspecified atom stereocenters. The minimum Gasteiger partial charge on any atom is -0.478 e. The molecular formula is C27H30N4O3. The maximum Gasteiger partial charge on any atom is 0.335 e. The molecule has 176 valence electrons. The van der Waals surface area contributed by atoms with Gasteiger partial charge in [-0.15, -0.1) is 0 Å². The average molecular weight is 459 g/mol. The van der Waals surface area contributed by atoms with Gasteiger partial charge >= 0.3 is 5.97 Å². The van der Waals surface area contributed by atoms with Crippen molar-refractivity contribution in [1.82, 2.24) is 19.4 Å². The van der Waals surface area contributed by atoms with Crippen molar-refractivity contribution in [3.63, 3.8) is 0 Å². The van der Waals surface area contributed by atoms with Gasteiger partial charge in [-0.25, -0.2) is 9.78 Å². The van der Waals surface area contributed by atoms with Crippen molar-refractivity contribution in [3.05, 3.63) is 78.5 Å². The summed E-state index contributed by atoms with van der Waals surface area (Å²) in [6.07, 6.45) is 7.01. The lowest BCUT2D eigenvalue weighted by Crippen LogP contribution is -2.31. The van der Waals surface area contributed by atoms with Crippen molar-refractivity contribution in [1.29, 1.82) is 0 Å². The van der Waals surface area contributed by atoms with Crippen LogP contribution in [0.25, 0.3) is 22.0 Å². The number of nitrogens with one attached hydrogen (secondary N) is 1. The van der Waals surface area contributed by atoms with Gasteiger partial charge in [-0.05, 0) is 51.3 Å². The van der Waals surface area contributed by atoms with Gasteiger partial charge in [0, 0.05) is 41.3 Å². The molecule has 2 aromatic carbocycles. The van der Waals surface area contributed by atoms with Crippen LogP contribution in [0.5, 0.6) is 0 Å². The lowest BCUT2D eigenvalue weighted by atomic mass is 10.0. The van der Waals surface area contributed by atoms with E-state index >= 15 is 0 Å². The highest BCUT2D eigenvalue weighted by molar-refractivity contribution is 6.00. The number of unbranched alkanes of at least 4 members (excludes halogenated alkanes) is 1. The molecule has 2 N–H and O–H groups in total. The number of aryl methyl sites for hydroxylation is 1. The van der Waals surface area contributed by atoms with Gasteiger partial charge in [0.15, 0.2) is 0 Å². The van der Waals surface area contributed by atoms with Gasteiger partial charge in [-0.1, -0.05) is 36.4 Å². The number of fused-ring (bicyclic) bond motifs is 1. The SMILES string of the molecule is CC(C)(C)n1cncc1C(=O)NCCCCn1cc(-c2ccccc2)c2ccc(C(=O)O)cc21. The number of hydrogen-bond donors (Lipinski definition) is 2. The quantitative estimate of drug-likeness (QED) is 0.357. The molecule has 1 amide bonds. The standard InChI is InChI=1S/C27H30N4O3/c1-27(2,3)31-18-28-16-24(31)25(32)29-13-7-8-14-30-17-22(19-9-5-4-6-10-19)21-12-11-20(26(33)34)15-23(21)30/h4-6,9-12,15-18H,7-8,13-14H2,1-3H3,(H,29,32)(H,33,34). The highest BCUT2D eigenvalue weighted by atomic mass is 16.4. The third-order valence-electron chi connectivity index (χ3n) is 5.92. The monoisotopic (exact) mass is 458 g/mol. The minimum atomic E-state index is -0.937. The van der Waals surface area contributed by atoms with Crippen molar-refractivity contribution in [2.75, 3.05) is 6.54 Å². The van der Waals surface area contributed by atoms with E-state index in [-0.39, 0.29) is 17.0 Å².